The van der Waals surface area contributed by atoms with Crippen molar-refractivity contribution in [2.24, 2.45) is 0 Å². The van der Waals surface area contributed by atoms with Gasteiger partial charge in [0.25, 0.3) is 0 Å². The average molecular weight is 379 g/mol. The van der Waals surface area contributed by atoms with Crippen molar-refractivity contribution in [2.75, 3.05) is 0 Å². The molecule has 0 atom stereocenters. The van der Waals surface area contributed by atoms with Crippen LogP contribution in [0.2, 0.25) is 0 Å². The molecule has 0 heterocycles. The summed E-state index contributed by atoms with van der Waals surface area (Å²) in [7, 11) is 0. The quantitative estimate of drug-likeness (QED) is 0.342. The molecule has 29 heavy (non-hydrogen) atoms. The van der Waals surface area contributed by atoms with Crippen molar-refractivity contribution in [1.82, 2.24) is 0 Å². The molecule has 0 spiro atoms. The van der Waals surface area contributed by atoms with Crippen molar-refractivity contribution in [3.63, 3.8) is 0 Å². The van der Waals surface area contributed by atoms with Crippen LogP contribution in [-0.2, 0) is 12.8 Å². The Balaban J connectivity index is 1.36. The third kappa shape index (κ3) is 5.36. The van der Waals surface area contributed by atoms with Gasteiger partial charge in [-0.25, -0.2) is 0 Å². The van der Waals surface area contributed by atoms with Gasteiger partial charge in [-0.15, -0.1) is 0 Å². The summed E-state index contributed by atoms with van der Waals surface area (Å²) >= 11 is 0. The van der Waals surface area contributed by atoms with E-state index in [0.29, 0.717) is 0 Å². The number of ether oxygens (including phenoxy) is 1. The minimum Gasteiger partial charge on any atom is -0.457 e. The molecule has 1 nitrogen and oxygen atoms in total. The first kappa shape index (κ1) is 19.0. The van der Waals surface area contributed by atoms with Gasteiger partial charge in [0.15, 0.2) is 0 Å². The lowest BCUT2D eigenvalue weighted by Crippen LogP contribution is -1.91. The standard InChI is InChI=1S/C28H26O/c1-21-3-7-23(8-4-21)19-25-11-15-27(16-12-25)29-28-17-13-26(14-18-28)20-24-9-5-22(2)6-10-24/h3-18H,19-20H2,1-2H3. The van der Waals surface area contributed by atoms with E-state index in [1.165, 1.54) is 33.4 Å². The zero-order valence-corrected chi connectivity index (χ0v) is 17.1. The highest BCUT2D eigenvalue weighted by Crippen LogP contribution is 2.23. The lowest BCUT2D eigenvalue weighted by Gasteiger charge is -2.09. The molecule has 144 valence electrons. The van der Waals surface area contributed by atoms with E-state index in [1.807, 2.05) is 24.3 Å². The van der Waals surface area contributed by atoms with Crippen molar-refractivity contribution in [3.8, 4) is 11.5 Å². The van der Waals surface area contributed by atoms with Crippen LogP contribution in [0.4, 0.5) is 0 Å². The van der Waals surface area contributed by atoms with Crippen LogP contribution in [-0.4, -0.2) is 0 Å². The Bertz CT molecular complexity index is 952. The maximum absolute atomic E-state index is 6.02. The second-order valence-corrected chi connectivity index (χ2v) is 7.71. The maximum atomic E-state index is 6.02. The number of hydrogen-bond donors (Lipinski definition) is 0. The summed E-state index contributed by atoms with van der Waals surface area (Å²) in [6.07, 6.45) is 1.88. The molecule has 0 aromatic heterocycles. The summed E-state index contributed by atoms with van der Waals surface area (Å²) in [6, 6.07) is 34.2. The molecule has 0 aliphatic rings. The van der Waals surface area contributed by atoms with Crippen molar-refractivity contribution in [2.45, 2.75) is 26.7 Å². The van der Waals surface area contributed by atoms with E-state index >= 15 is 0 Å². The molecule has 0 unspecified atom stereocenters. The topological polar surface area (TPSA) is 9.23 Å². The van der Waals surface area contributed by atoms with E-state index < -0.39 is 0 Å². The first-order chi connectivity index (χ1) is 14.1. The van der Waals surface area contributed by atoms with Gasteiger partial charge in [-0.2, -0.15) is 0 Å². The molecule has 0 aliphatic heterocycles. The number of rotatable bonds is 6. The molecular weight excluding hydrogens is 352 g/mol. The van der Waals surface area contributed by atoms with Gasteiger partial charge < -0.3 is 4.74 Å². The maximum Gasteiger partial charge on any atom is 0.127 e. The molecule has 4 aromatic carbocycles. The van der Waals surface area contributed by atoms with E-state index in [1.54, 1.807) is 0 Å². The van der Waals surface area contributed by atoms with E-state index in [4.69, 9.17) is 4.74 Å². The molecule has 0 fully saturated rings. The lowest BCUT2D eigenvalue weighted by molar-refractivity contribution is 0.482. The molecule has 0 radical (unpaired) electrons. The minimum atomic E-state index is 0.865. The molecule has 0 N–H and O–H groups in total. The summed E-state index contributed by atoms with van der Waals surface area (Å²) in [5.41, 5.74) is 7.82. The summed E-state index contributed by atoms with van der Waals surface area (Å²) in [5.74, 6) is 1.73. The van der Waals surface area contributed by atoms with Gasteiger partial charge in [-0.05, 0) is 73.2 Å². The van der Waals surface area contributed by atoms with Crippen molar-refractivity contribution >= 4 is 0 Å². The monoisotopic (exact) mass is 378 g/mol. The molecule has 0 amide bonds. The van der Waals surface area contributed by atoms with Gasteiger partial charge in [0.1, 0.15) is 11.5 Å². The number of hydrogen-bond acceptors (Lipinski definition) is 1. The van der Waals surface area contributed by atoms with Gasteiger partial charge in [0, 0.05) is 0 Å². The largest absolute Gasteiger partial charge is 0.457 e. The van der Waals surface area contributed by atoms with Crippen LogP contribution in [0.3, 0.4) is 0 Å². The average Bonchev–Trinajstić information content (AvgIpc) is 2.74. The molecule has 4 aromatic rings. The van der Waals surface area contributed by atoms with Crippen LogP contribution in [0.25, 0.3) is 0 Å². The van der Waals surface area contributed by atoms with Crippen molar-refractivity contribution in [1.29, 1.82) is 0 Å². The van der Waals surface area contributed by atoms with E-state index in [-0.39, 0.29) is 0 Å². The van der Waals surface area contributed by atoms with Gasteiger partial charge in [-0.3, -0.25) is 0 Å². The summed E-state index contributed by atoms with van der Waals surface area (Å²) in [6.45, 7) is 4.23. The second kappa shape index (κ2) is 8.79. The molecular formula is C28H26O. The first-order valence-electron chi connectivity index (χ1n) is 10.1. The fourth-order valence-corrected chi connectivity index (χ4v) is 3.37. The minimum absolute atomic E-state index is 0.865. The number of aryl methyl sites for hydroxylation is 2. The molecule has 0 bridgehead atoms. The van der Waals surface area contributed by atoms with E-state index in [9.17, 15) is 0 Å². The third-order valence-electron chi connectivity index (χ3n) is 5.14. The predicted octanol–water partition coefficient (Wildman–Crippen LogP) is 7.28. The normalized spacial score (nSPS) is 10.7. The molecule has 0 aliphatic carbocycles. The van der Waals surface area contributed by atoms with Gasteiger partial charge in [-0.1, -0.05) is 83.9 Å². The Morgan fingerprint density at radius 1 is 0.414 bits per heavy atom. The van der Waals surface area contributed by atoms with Crippen LogP contribution in [0.15, 0.2) is 97.1 Å². The summed E-state index contributed by atoms with van der Waals surface area (Å²) in [4.78, 5) is 0. The smallest absolute Gasteiger partial charge is 0.127 e. The van der Waals surface area contributed by atoms with E-state index in [2.05, 4.69) is 86.6 Å². The molecule has 1 heteroatoms. The van der Waals surface area contributed by atoms with Crippen molar-refractivity contribution < 1.29 is 4.74 Å². The predicted molar refractivity (Wildman–Crippen MR) is 121 cm³/mol. The van der Waals surface area contributed by atoms with Crippen LogP contribution in [0.5, 0.6) is 11.5 Å². The Kier molecular flexibility index (Phi) is 5.76. The Morgan fingerprint density at radius 3 is 1.00 bits per heavy atom. The summed E-state index contributed by atoms with van der Waals surface area (Å²) in [5, 5.41) is 0. The second-order valence-electron chi connectivity index (χ2n) is 7.71. The van der Waals surface area contributed by atoms with Gasteiger partial charge in [0.05, 0.1) is 0 Å². The summed E-state index contributed by atoms with van der Waals surface area (Å²) < 4.78 is 6.02. The van der Waals surface area contributed by atoms with Crippen LogP contribution < -0.4 is 4.74 Å². The Labute approximate surface area is 173 Å². The molecule has 0 saturated heterocycles. The highest BCUT2D eigenvalue weighted by Gasteiger charge is 2.02. The SMILES string of the molecule is Cc1ccc(Cc2ccc(Oc3ccc(Cc4ccc(C)cc4)cc3)cc2)cc1. The highest BCUT2D eigenvalue weighted by molar-refractivity contribution is 5.37. The Morgan fingerprint density at radius 2 is 0.690 bits per heavy atom. The first-order valence-corrected chi connectivity index (χ1v) is 10.1. The third-order valence-corrected chi connectivity index (χ3v) is 5.14. The lowest BCUT2D eigenvalue weighted by atomic mass is 10.0. The van der Waals surface area contributed by atoms with Crippen molar-refractivity contribution in [3.05, 3.63) is 130 Å². The van der Waals surface area contributed by atoms with Crippen LogP contribution >= 0.6 is 0 Å². The molecule has 0 saturated carbocycles. The van der Waals surface area contributed by atoms with Gasteiger partial charge >= 0.3 is 0 Å². The Hall–Kier alpha value is -3.32. The van der Waals surface area contributed by atoms with E-state index in [0.717, 1.165) is 24.3 Å². The highest BCUT2D eigenvalue weighted by atomic mass is 16.5. The fraction of sp³-hybridized carbons (Fsp3) is 0.143. The fourth-order valence-electron chi connectivity index (χ4n) is 3.37. The zero-order valence-electron chi connectivity index (χ0n) is 17.1. The van der Waals surface area contributed by atoms with Crippen LogP contribution in [0.1, 0.15) is 33.4 Å². The van der Waals surface area contributed by atoms with Gasteiger partial charge in [0.2, 0.25) is 0 Å². The number of benzene rings is 4. The molecule has 4 rings (SSSR count). The zero-order chi connectivity index (χ0) is 20.1. The van der Waals surface area contributed by atoms with Crippen LogP contribution in [0, 0.1) is 13.8 Å².